The molecule has 4 atom stereocenters. The molecule has 1 aromatic carbocycles. The Kier molecular flexibility index (Phi) is 7.06. The molecule has 1 aromatic heterocycles. The molecule has 26 heavy (non-hydrogen) atoms. The number of allylic oxidation sites excluding steroid dienone is 1. The van der Waals surface area contributed by atoms with E-state index in [1.807, 2.05) is 19.1 Å². The molecular formula is C20H26N2O3S. The summed E-state index contributed by atoms with van der Waals surface area (Å²) in [6.45, 7) is 8.51. The second-order valence-electron chi connectivity index (χ2n) is 7.01. The molecule has 0 amide bonds. The number of benzene rings is 1. The molecule has 1 heterocycles. The lowest BCUT2D eigenvalue weighted by Crippen LogP contribution is -2.21. The van der Waals surface area contributed by atoms with Gasteiger partial charge < -0.3 is 5.11 Å². The van der Waals surface area contributed by atoms with Crippen LogP contribution in [0.15, 0.2) is 42.5 Å². The zero-order chi connectivity index (χ0) is 19.3. The monoisotopic (exact) mass is 374 g/mol. The average molecular weight is 375 g/mol. The minimum absolute atomic E-state index is 0.167. The Labute approximate surface area is 158 Å². The fraction of sp³-hybridized carbons (Fsp3) is 0.450. The van der Waals surface area contributed by atoms with Crippen molar-refractivity contribution in [2.24, 2.45) is 11.8 Å². The first-order valence-corrected chi connectivity index (χ1v) is 9.45. The highest BCUT2D eigenvalue weighted by Gasteiger charge is 2.31. The van der Waals surface area contributed by atoms with Crippen molar-refractivity contribution in [1.29, 1.82) is 0 Å². The van der Waals surface area contributed by atoms with Crippen LogP contribution in [0.1, 0.15) is 43.3 Å². The lowest BCUT2D eigenvalue weighted by atomic mass is 9.88. The van der Waals surface area contributed by atoms with E-state index >= 15 is 0 Å². The Bertz CT molecular complexity index is 795. The van der Waals surface area contributed by atoms with Crippen molar-refractivity contribution in [2.45, 2.75) is 46.3 Å². The van der Waals surface area contributed by atoms with Crippen molar-refractivity contribution in [2.75, 3.05) is 0 Å². The summed E-state index contributed by atoms with van der Waals surface area (Å²) in [5.74, 6) is 0.673. The Balaban J connectivity index is 0.000000758. The van der Waals surface area contributed by atoms with Crippen LogP contribution in [-0.4, -0.2) is 29.4 Å². The summed E-state index contributed by atoms with van der Waals surface area (Å²) in [4.78, 5) is 0. The van der Waals surface area contributed by atoms with Crippen LogP contribution < -0.4 is 0 Å². The lowest BCUT2D eigenvalue weighted by Gasteiger charge is -2.25. The predicted octanol–water partition coefficient (Wildman–Crippen LogP) is 3.49. The molecule has 3 rings (SSSR count). The van der Waals surface area contributed by atoms with Crippen LogP contribution in [0.3, 0.4) is 0 Å². The molecule has 0 bridgehead atoms. The number of hydrogen-bond donors (Lipinski definition) is 1. The van der Waals surface area contributed by atoms with E-state index in [0.717, 1.165) is 12.1 Å². The van der Waals surface area contributed by atoms with Crippen molar-refractivity contribution in [3.05, 3.63) is 59.4 Å². The van der Waals surface area contributed by atoms with Gasteiger partial charge in [0.15, 0.2) is 0 Å². The van der Waals surface area contributed by atoms with Crippen molar-refractivity contribution < 1.29 is 13.5 Å². The summed E-state index contributed by atoms with van der Waals surface area (Å²) >= 11 is -0.750. The fourth-order valence-corrected chi connectivity index (χ4v) is 3.59. The summed E-state index contributed by atoms with van der Waals surface area (Å²) in [6, 6.07) is 12.7. The van der Waals surface area contributed by atoms with Gasteiger partial charge in [-0.15, -0.1) is 0 Å². The zero-order valence-electron chi connectivity index (χ0n) is 15.6. The number of aliphatic hydroxyl groups is 1. The Morgan fingerprint density at radius 1 is 1.15 bits per heavy atom. The van der Waals surface area contributed by atoms with Crippen molar-refractivity contribution >= 4 is 17.1 Å². The molecule has 0 radical (unpaired) electrons. The molecule has 1 N–H and O–H groups in total. The van der Waals surface area contributed by atoms with Gasteiger partial charge >= 0.3 is 11.6 Å². The largest absolute Gasteiger partial charge is 0.389 e. The SMILES string of the molecule is Cc1cc(C)n(C2C[C@@H](C)[C@H](C)[C@H](O)C=C2c2ccccc2)n1.O=S=O. The van der Waals surface area contributed by atoms with Crippen LogP contribution in [0.5, 0.6) is 0 Å². The summed E-state index contributed by atoms with van der Waals surface area (Å²) in [6.07, 6.45) is 2.62. The Morgan fingerprint density at radius 3 is 2.31 bits per heavy atom. The zero-order valence-corrected chi connectivity index (χ0v) is 16.4. The van der Waals surface area contributed by atoms with E-state index in [-0.39, 0.29) is 12.0 Å². The summed E-state index contributed by atoms with van der Waals surface area (Å²) < 4.78 is 18.7. The first-order chi connectivity index (χ1) is 12.4. The molecule has 2 aromatic rings. The molecule has 0 aliphatic heterocycles. The molecule has 0 spiro atoms. The molecule has 5 nitrogen and oxygen atoms in total. The number of aromatic nitrogens is 2. The van der Waals surface area contributed by atoms with E-state index in [9.17, 15) is 5.11 Å². The standard InChI is InChI=1S/C20H26N2O.O2S/c1-13-10-19(22-15(3)11-14(2)21-22)18(12-20(23)16(13)4)17-8-6-5-7-9-17;1-3-2/h5-9,11-13,16,19-20,23H,10H2,1-4H3;/t13-,16+,19?,20-;/m1./s1. The van der Waals surface area contributed by atoms with Crippen LogP contribution in [-0.2, 0) is 11.6 Å². The summed E-state index contributed by atoms with van der Waals surface area (Å²) in [5, 5.41) is 15.3. The van der Waals surface area contributed by atoms with Crippen LogP contribution in [0.2, 0.25) is 0 Å². The van der Waals surface area contributed by atoms with E-state index in [1.165, 1.54) is 16.8 Å². The molecule has 0 fully saturated rings. The van der Waals surface area contributed by atoms with Gasteiger partial charge in [0.2, 0.25) is 0 Å². The average Bonchev–Trinajstić information content (AvgIpc) is 2.91. The second kappa shape index (κ2) is 9.05. The smallest absolute Gasteiger partial charge is 0.335 e. The van der Waals surface area contributed by atoms with Crippen LogP contribution >= 0.6 is 0 Å². The van der Waals surface area contributed by atoms with Gasteiger partial charge in [-0.05, 0) is 55.4 Å². The van der Waals surface area contributed by atoms with E-state index < -0.39 is 17.7 Å². The highest BCUT2D eigenvalue weighted by molar-refractivity contribution is 7.51. The number of hydrogen-bond acceptors (Lipinski definition) is 4. The third kappa shape index (κ3) is 4.56. The van der Waals surface area contributed by atoms with E-state index in [1.54, 1.807) is 0 Å². The topological polar surface area (TPSA) is 72.2 Å². The van der Waals surface area contributed by atoms with Crippen molar-refractivity contribution in [3.8, 4) is 0 Å². The Hall–Kier alpha value is -2.05. The van der Waals surface area contributed by atoms with E-state index in [4.69, 9.17) is 13.5 Å². The van der Waals surface area contributed by atoms with Gasteiger partial charge in [-0.25, -0.2) is 0 Å². The number of nitrogens with zero attached hydrogens (tertiary/aromatic N) is 2. The third-order valence-corrected chi connectivity index (χ3v) is 5.19. The van der Waals surface area contributed by atoms with Crippen LogP contribution in [0.4, 0.5) is 0 Å². The minimum atomic E-state index is -0.750. The van der Waals surface area contributed by atoms with Gasteiger partial charge in [0.1, 0.15) is 0 Å². The molecule has 6 heteroatoms. The third-order valence-electron chi connectivity index (χ3n) is 5.19. The molecule has 140 valence electrons. The summed E-state index contributed by atoms with van der Waals surface area (Å²) in [7, 11) is 0. The molecule has 1 unspecified atom stereocenters. The van der Waals surface area contributed by atoms with Crippen LogP contribution in [0, 0.1) is 25.7 Å². The van der Waals surface area contributed by atoms with Crippen LogP contribution in [0.25, 0.3) is 5.57 Å². The predicted molar refractivity (Wildman–Crippen MR) is 103 cm³/mol. The Morgan fingerprint density at radius 2 is 1.77 bits per heavy atom. The van der Waals surface area contributed by atoms with Gasteiger partial charge in [-0.3, -0.25) is 4.68 Å². The molecule has 0 saturated carbocycles. The molecular weight excluding hydrogens is 348 g/mol. The maximum atomic E-state index is 10.6. The van der Waals surface area contributed by atoms with Gasteiger partial charge in [-0.2, -0.15) is 13.5 Å². The quantitative estimate of drug-likeness (QED) is 0.873. The van der Waals surface area contributed by atoms with E-state index in [0.29, 0.717) is 5.92 Å². The van der Waals surface area contributed by atoms with E-state index in [2.05, 4.69) is 55.8 Å². The van der Waals surface area contributed by atoms with Gasteiger partial charge in [-0.1, -0.05) is 44.2 Å². The van der Waals surface area contributed by atoms with Gasteiger partial charge in [0, 0.05) is 5.69 Å². The van der Waals surface area contributed by atoms with Gasteiger partial charge in [0.25, 0.3) is 0 Å². The number of aryl methyl sites for hydroxylation is 2. The first-order valence-electron chi connectivity index (χ1n) is 8.78. The molecule has 0 saturated heterocycles. The second-order valence-corrected chi connectivity index (χ2v) is 7.14. The van der Waals surface area contributed by atoms with Gasteiger partial charge in [0.05, 0.1) is 17.8 Å². The normalized spacial score (nSPS) is 25.5. The maximum Gasteiger partial charge on any atom is 0.335 e. The van der Waals surface area contributed by atoms with Crippen molar-refractivity contribution in [3.63, 3.8) is 0 Å². The first kappa shape index (κ1) is 20.3. The number of aliphatic hydroxyl groups excluding tert-OH is 1. The molecule has 1 aliphatic carbocycles. The molecule has 1 aliphatic rings. The highest BCUT2D eigenvalue weighted by Crippen LogP contribution is 2.40. The highest BCUT2D eigenvalue weighted by atomic mass is 32.1. The lowest BCUT2D eigenvalue weighted by molar-refractivity contribution is 0.126. The summed E-state index contributed by atoms with van der Waals surface area (Å²) in [5.41, 5.74) is 4.57. The van der Waals surface area contributed by atoms with Crippen molar-refractivity contribution in [1.82, 2.24) is 9.78 Å². The fourth-order valence-electron chi connectivity index (χ4n) is 3.59. The maximum absolute atomic E-state index is 10.6. The minimum Gasteiger partial charge on any atom is -0.389 e. The number of rotatable bonds is 2.